The SMILES string of the molecule is Cc1nccc(-c2cnc(N3CCCCC3)nc2C)n1. The van der Waals surface area contributed by atoms with Crippen LogP contribution >= 0.6 is 0 Å². The molecule has 0 spiro atoms. The molecule has 2 aromatic rings. The van der Waals surface area contributed by atoms with E-state index in [4.69, 9.17) is 0 Å². The first-order valence-electron chi connectivity index (χ1n) is 7.12. The zero-order valence-corrected chi connectivity index (χ0v) is 12.0. The minimum absolute atomic E-state index is 0.766. The quantitative estimate of drug-likeness (QED) is 0.838. The third-order valence-corrected chi connectivity index (χ3v) is 3.66. The van der Waals surface area contributed by atoms with Gasteiger partial charge in [-0.25, -0.2) is 19.9 Å². The molecule has 3 heterocycles. The van der Waals surface area contributed by atoms with E-state index in [9.17, 15) is 0 Å². The van der Waals surface area contributed by atoms with Crippen molar-refractivity contribution in [2.24, 2.45) is 0 Å². The summed E-state index contributed by atoms with van der Waals surface area (Å²) in [7, 11) is 0. The Kier molecular flexibility index (Phi) is 3.58. The fourth-order valence-electron chi connectivity index (χ4n) is 2.56. The van der Waals surface area contributed by atoms with Crippen LogP contribution in [0, 0.1) is 13.8 Å². The number of piperidine rings is 1. The second kappa shape index (κ2) is 5.53. The van der Waals surface area contributed by atoms with E-state index < -0.39 is 0 Å². The lowest BCUT2D eigenvalue weighted by atomic mass is 10.1. The molecular formula is C15H19N5. The fraction of sp³-hybridized carbons (Fsp3) is 0.467. The summed E-state index contributed by atoms with van der Waals surface area (Å²) >= 11 is 0. The maximum atomic E-state index is 4.66. The van der Waals surface area contributed by atoms with Gasteiger partial charge in [-0.3, -0.25) is 0 Å². The van der Waals surface area contributed by atoms with Crippen LogP contribution in [-0.4, -0.2) is 33.0 Å². The summed E-state index contributed by atoms with van der Waals surface area (Å²) < 4.78 is 0. The molecule has 1 aliphatic heterocycles. The number of aryl methyl sites for hydroxylation is 2. The molecule has 1 aliphatic rings. The van der Waals surface area contributed by atoms with Crippen molar-refractivity contribution in [2.75, 3.05) is 18.0 Å². The number of anilines is 1. The van der Waals surface area contributed by atoms with Gasteiger partial charge in [-0.05, 0) is 39.2 Å². The molecular weight excluding hydrogens is 250 g/mol. The van der Waals surface area contributed by atoms with Gasteiger partial charge in [-0.15, -0.1) is 0 Å². The molecule has 0 amide bonds. The summed E-state index contributed by atoms with van der Waals surface area (Å²) in [4.78, 5) is 20.0. The molecule has 0 N–H and O–H groups in total. The molecule has 0 aromatic carbocycles. The minimum Gasteiger partial charge on any atom is -0.341 e. The topological polar surface area (TPSA) is 54.8 Å². The van der Waals surface area contributed by atoms with E-state index >= 15 is 0 Å². The monoisotopic (exact) mass is 269 g/mol. The van der Waals surface area contributed by atoms with Crippen molar-refractivity contribution in [1.29, 1.82) is 0 Å². The van der Waals surface area contributed by atoms with Gasteiger partial charge in [0.1, 0.15) is 5.82 Å². The maximum absolute atomic E-state index is 4.66. The zero-order chi connectivity index (χ0) is 13.9. The molecule has 20 heavy (non-hydrogen) atoms. The molecule has 0 radical (unpaired) electrons. The molecule has 1 saturated heterocycles. The molecule has 0 saturated carbocycles. The van der Waals surface area contributed by atoms with E-state index in [1.54, 1.807) is 6.20 Å². The van der Waals surface area contributed by atoms with Crippen LogP contribution in [0.25, 0.3) is 11.3 Å². The fourth-order valence-corrected chi connectivity index (χ4v) is 2.56. The first-order chi connectivity index (χ1) is 9.74. The second-order valence-corrected chi connectivity index (χ2v) is 5.21. The lowest BCUT2D eigenvalue weighted by Crippen LogP contribution is -2.31. The van der Waals surface area contributed by atoms with Gasteiger partial charge in [0.25, 0.3) is 0 Å². The summed E-state index contributed by atoms with van der Waals surface area (Å²) in [6.07, 6.45) is 7.43. The number of hydrogen-bond acceptors (Lipinski definition) is 5. The average Bonchev–Trinajstić information content (AvgIpc) is 2.48. The van der Waals surface area contributed by atoms with Gasteiger partial charge < -0.3 is 4.90 Å². The second-order valence-electron chi connectivity index (χ2n) is 5.21. The molecule has 5 nitrogen and oxygen atoms in total. The Hall–Kier alpha value is -2.04. The first-order valence-corrected chi connectivity index (χ1v) is 7.12. The number of rotatable bonds is 2. The Balaban J connectivity index is 1.91. The van der Waals surface area contributed by atoms with E-state index in [1.165, 1.54) is 19.3 Å². The van der Waals surface area contributed by atoms with Crippen LogP contribution < -0.4 is 4.90 Å². The largest absolute Gasteiger partial charge is 0.341 e. The van der Waals surface area contributed by atoms with E-state index in [2.05, 4.69) is 24.8 Å². The van der Waals surface area contributed by atoms with Gasteiger partial charge >= 0.3 is 0 Å². The molecule has 0 unspecified atom stereocenters. The molecule has 0 aliphatic carbocycles. The van der Waals surface area contributed by atoms with Gasteiger partial charge in [-0.1, -0.05) is 0 Å². The van der Waals surface area contributed by atoms with E-state index in [-0.39, 0.29) is 0 Å². The maximum Gasteiger partial charge on any atom is 0.225 e. The van der Waals surface area contributed by atoms with E-state index in [1.807, 2.05) is 26.1 Å². The van der Waals surface area contributed by atoms with Crippen molar-refractivity contribution in [2.45, 2.75) is 33.1 Å². The predicted molar refractivity (Wildman–Crippen MR) is 78.6 cm³/mol. The highest BCUT2D eigenvalue weighted by Crippen LogP contribution is 2.22. The zero-order valence-electron chi connectivity index (χ0n) is 12.0. The Labute approximate surface area is 119 Å². The minimum atomic E-state index is 0.766. The first kappa shape index (κ1) is 13.0. The third kappa shape index (κ3) is 2.61. The van der Waals surface area contributed by atoms with Crippen LogP contribution in [0.2, 0.25) is 0 Å². The Bertz CT molecular complexity index is 605. The molecule has 0 bridgehead atoms. The summed E-state index contributed by atoms with van der Waals surface area (Å²) in [5.41, 5.74) is 2.84. The van der Waals surface area contributed by atoms with Gasteiger partial charge in [0, 0.05) is 31.0 Å². The van der Waals surface area contributed by atoms with Crippen LogP contribution in [0.15, 0.2) is 18.5 Å². The average molecular weight is 269 g/mol. The number of aromatic nitrogens is 4. The van der Waals surface area contributed by atoms with Crippen molar-refractivity contribution in [3.63, 3.8) is 0 Å². The summed E-state index contributed by atoms with van der Waals surface area (Å²) in [5.74, 6) is 1.61. The highest BCUT2D eigenvalue weighted by Gasteiger charge is 2.15. The Morgan fingerprint density at radius 1 is 1.00 bits per heavy atom. The van der Waals surface area contributed by atoms with Gasteiger partial charge in [0.15, 0.2) is 0 Å². The van der Waals surface area contributed by atoms with Gasteiger partial charge in [0.2, 0.25) is 5.95 Å². The van der Waals surface area contributed by atoms with Crippen molar-refractivity contribution in [3.05, 3.63) is 30.0 Å². The summed E-state index contributed by atoms with van der Waals surface area (Å²) in [5, 5.41) is 0. The van der Waals surface area contributed by atoms with Crippen LogP contribution in [0.1, 0.15) is 30.8 Å². The van der Waals surface area contributed by atoms with Crippen molar-refractivity contribution >= 4 is 5.95 Å². The molecule has 2 aromatic heterocycles. The Morgan fingerprint density at radius 3 is 2.50 bits per heavy atom. The highest BCUT2D eigenvalue weighted by atomic mass is 15.2. The predicted octanol–water partition coefficient (Wildman–Crippen LogP) is 2.54. The summed E-state index contributed by atoms with van der Waals surface area (Å²) in [6.45, 7) is 6.03. The van der Waals surface area contributed by atoms with E-state index in [0.29, 0.717) is 0 Å². The molecule has 5 heteroatoms. The lowest BCUT2D eigenvalue weighted by Gasteiger charge is -2.26. The summed E-state index contributed by atoms with van der Waals surface area (Å²) in [6, 6.07) is 1.90. The molecule has 1 fully saturated rings. The number of hydrogen-bond donors (Lipinski definition) is 0. The van der Waals surface area contributed by atoms with Crippen molar-refractivity contribution in [3.8, 4) is 11.3 Å². The van der Waals surface area contributed by atoms with Crippen LogP contribution in [-0.2, 0) is 0 Å². The van der Waals surface area contributed by atoms with E-state index in [0.717, 1.165) is 41.8 Å². The van der Waals surface area contributed by atoms with Gasteiger partial charge in [0.05, 0.1) is 11.4 Å². The smallest absolute Gasteiger partial charge is 0.225 e. The number of nitrogens with zero attached hydrogens (tertiary/aromatic N) is 5. The van der Waals surface area contributed by atoms with Crippen molar-refractivity contribution in [1.82, 2.24) is 19.9 Å². The van der Waals surface area contributed by atoms with Crippen LogP contribution in [0.3, 0.4) is 0 Å². The standard InChI is InChI=1S/C15H19N5/c1-11-13(14-6-7-16-12(2)19-14)10-17-15(18-11)20-8-4-3-5-9-20/h6-7,10H,3-5,8-9H2,1-2H3. The highest BCUT2D eigenvalue weighted by molar-refractivity contribution is 5.61. The van der Waals surface area contributed by atoms with Crippen LogP contribution in [0.4, 0.5) is 5.95 Å². The van der Waals surface area contributed by atoms with Crippen molar-refractivity contribution < 1.29 is 0 Å². The van der Waals surface area contributed by atoms with Gasteiger partial charge in [-0.2, -0.15) is 0 Å². The van der Waals surface area contributed by atoms with Crippen LogP contribution in [0.5, 0.6) is 0 Å². The molecule has 104 valence electrons. The lowest BCUT2D eigenvalue weighted by molar-refractivity contribution is 0.568. The Morgan fingerprint density at radius 2 is 1.80 bits per heavy atom. The third-order valence-electron chi connectivity index (χ3n) is 3.66. The normalized spacial score (nSPS) is 15.4. The molecule has 3 rings (SSSR count). The molecule has 0 atom stereocenters.